The SMILES string of the molecule is Cc1ccc2nnc(-c3cccs3)n2c1. The summed E-state index contributed by atoms with van der Waals surface area (Å²) < 4.78 is 2.03. The topological polar surface area (TPSA) is 30.2 Å². The molecule has 0 fully saturated rings. The molecule has 3 rings (SSSR count). The highest BCUT2D eigenvalue weighted by molar-refractivity contribution is 7.13. The van der Waals surface area contributed by atoms with Crippen molar-refractivity contribution in [1.82, 2.24) is 14.6 Å². The molecule has 0 aliphatic carbocycles. The summed E-state index contributed by atoms with van der Waals surface area (Å²) in [5.41, 5.74) is 2.10. The van der Waals surface area contributed by atoms with Gasteiger partial charge in [-0.3, -0.25) is 4.40 Å². The third-order valence-corrected chi connectivity index (χ3v) is 3.16. The van der Waals surface area contributed by atoms with E-state index in [4.69, 9.17) is 0 Å². The second-order valence-corrected chi connectivity index (χ2v) is 4.38. The standard InChI is InChI=1S/C11H9N3S/c1-8-4-5-10-12-13-11(14(10)7-8)9-3-2-6-15-9/h2-7H,1H3. The number of hydrogen-bond acceptors (Lipinski definition) is 3. The maximum Gasteiger partial charge on any atom is 0.178 e. The first-order chi connectivity index (χ1) is 7.34. The zero-order chi connectivity index (χ0) is 10.3. The maximum atomic E-state index is 4.20. The molecule has 0 aliphatic heterocycles. The van der Waals surface area contributed by atoms with Gasteiger partial charge >= 0.3 is 0 Å². The Bertz CT molecular complexity index is 595. The number of nitrogens with zero attached hydrogens (tertiary/aromatic N) is 3. The first-order valence-corrected chi connectivity index (χ1v) is 5.58. The van der Waals surface area contributed by atoms with E-state index < -0.39 is 0 Å². The predicted octanol–water partition coefficient (Wildman–Crippen LogP) is 2.77. The van der Waals surface area contributed by atoms with E-state index in [1.54, 1.807) is 11.3 Å². The minimum Gasteiger partial charge on any atom is -0.281 e. The van der Waals surface area contributed by atoms with Gasteiger partial charge in [0, 0.05) is 6.20 Å². The van der Waals surface area contributed by atoms with Crippen LogP contribution in [0.5, 0.6) is 0 Å². The lowest BCUT2D eigenvalue weighted by Gasteiger charge is -1.97. The minimum atomic E-state index is 0.893. The molecule has 15 heavy (non-hydrogen) atoms. The molecular formula is C11H9N3S. The van der Waals surface area contributed by atoms with Crippen LogP contribution in [0.1, 0.15) is 5.56 Å². The summed E-state index contributed by atoms with van der Waals surface area (Å²) in [7, 11) is 0. The van der Waals surface area contributed by atoms with Gasteiger partial charge in [0.1, 0.15) is 0 Å². The minimum absolute atomic E-state index is 0.893. The van der Waals surface area contributed by atoms with Gasteiger partial charge in [-0.2, -0.15) is 0 Å². The van der Waals surface area contributed by atoms with E-state index in [0.717, 1.165) is 16.3 Å². The van der Waals surface area contributed by atoms with Gasteiger partial charge in [-0.1, -0.05) is 12.1 Å². The van der Waals surface area contributed by atoms with Crippen molar-refractivity contribution < 1.29 is 0 Å². The van der Waals surface area contributed by atoms with Gasteiger partial charge in [-0.05, 0) is 30.0 Å². The third-order valence-electron chi connectivity index (χ3n) is 2.29. The van der Waals surface area contributed by atoms with Crippen LogP contribution >= 0.6 is 11.3 Å². The smallest absolute Gasteiger partial charge is 0.178 e. The molecule has 0 unspecified atom stereocenters. The molecule has 0 saturated carbocycles. The average Bonchev–Trinajstić information content (AvgIpc) is 2.83. The van der Waals surface area contributed by atoms with Crippen molar-refractivity contribution in [2.45, 2.75) is 6.92 Å². The average molecular weight is 215 g/mol. The first-order valence-electron chi connectivity index (χ1n) is 4.70. The van der Waals surface area contributed by atoms with E-state index in [0.29, 0.717) is 0 Å². The van der Waals surface area contributed by atoms with E-state index in [-0.39, 0.29) is 0 Å². The van der Waals surface area contributed by atoms with E-state index in [1.165, 1.54) is 5.56 Å². The quantitative estimate of drug-likeness (QED) is 0.624. The van der Waals surface area contributed by atoms with Crippen molar-refractivity contribution in [3.8, 4) is 10.7 Å². The van der Waals surface area contributed by atoms with Gasteiger partial charge in [0.2, 0.25) is 0 Å². The van der Waals surface area contributed by atoms with Gasteiger partial charge in [-0.15, -0.1) is 21.5 Å². The Labute approximate surface area is 91.0 Å². The van der Waals surface area contributed by atoms with Gasteiger partial charge in [0.25, 0.3) is 0 Å². The Kier molecular flexibility index (Phi) is 1.82. The fraction of sp³-hybridized carbons (Fsp3) is 0.0909. The number of pyridine rings is 1. The molecule has 0 amide bonds. The molecule has 0 radical (unpaired) electrons. The molecule has 3 heterocycles. The van der Waals surface area contributed by atoms with Crippen molar-refractivity contribution in [1.29, 1.82) is 0 Å². The molecule has 0 bridgehead atoms. The Hall–Kier alpha value is -1.68. The Morgan fingerprint density at radius 2 is 2.13 bits per heavy atom. The lowest BCUT2D eigenvalue weighted by Crippen LogP contribution is -1.88. The van der Waals surface area contributed by atoms with Crippen molar-refractivity contribution in [2.75, 3.05) is 0 Å². The highest BCUT2D eigenvalue weighted by atomic mass is 32.1. The zero-order valence-electron chi connectivity index (χ0n) is 8.21. The first kappa shape index (κ1) is 8.61. The molecule has 0 N–H and O–H groups in total. The number of aromatic nitrogens is 3. The lowest BCUT2D eigenvalue weighted by atomic mass is 10.3. The molecule has 3 nitrogen and oxygen atoms in total. The summed E-state index contributed by atoms with van der Waals surface area (Å²) in [6, 6.07) is 8.11. The van der Waals surface area contributed by atoms with Crippen molar-refractivity contribution >= 4 is 17.0 Å². The zero-order valence-corrected chi connectivity index (χ0v) is 9.03. The van der Waals surface area contributed by atoms with Crippen LogP contribution in [0.25, 0.3) is 16.3 Å². The summed E-state index contributed by atoms with van der Waals surface area (Å²) in [4.78, 5) is 1.15. The monoisotopic (exact) mass is 215 g/mol. The normalized spacial score (nSPS) is 11.0. The lowest BCUT2D eigenvalue weighted by molar-refractivity contribution is 1.11. The second-order valence-electron chi connectivity index (χ2n) is 3.44. The van der Waals surface area contributed by atoms with Crippen LogP contribution in [-0.2, 0) is 0 Å². The third kappa shape index (κ3) is 1.34. The largest absolute Gasteiger partial charge is 0.281 e. The number of rotatable bonds is 1. The Morgan fingerprint density at radius 3 is 2.93 bits per heavy atom. The highest BCUT2D eigenvalue weighted by Gasteiger charge is 2.07. The van der Waals surface area contributed by atoms with E-state index in [9.17, 15) is 0 Å². The summed E-state index contributed by atoms with van der Waals surface area (Å²) in [5, 5.41) is 10.4. The molecule has 0 aromatic carbocycles. The maximum absolute atomic E-state index is 4.20. The summed E-state index contributed by atoms with van der Waals surface area (Å²) >= 11 is 1.68. The van der Waals surface area contributed by atoms with Crippen LogP contribution in [0.15, 0.2) is 35.8 Å². The van der Waals surface area contributed by atoms with Crippen LogP contribution in [0.2, 0.25) is 0 Å². The fourth-order valence-corrected chi connectivity index (χ4v) is 2.28. The van der Waals surface area contributed by atoms with Crippen LogP contribution in [0.4, 0.5) is 0 Å². The molecule has 0 aliphatic rings. The molecule has 0 atom stereocenters. The van der Waals surface area contributed by atoms with Crippen LogP contribution in [0.3, 0.4) is 0 Å². The van der Waals surface area contributed by atoms with Gasteiger partial charge < -0.3 is 0 Å². The Morgan fingerprint density at radius 1 is 1.20 bits per heavy atom. The second kappa shape index (κ2) is 3.17. The van der Waals surface area contributed by atoms with Gasteiger partial charge in [-0.25, -0.2) is 0 Å². The molecule has 0 spiro atoms. The van der Waals surface area contributed by atoms with E-state index in [2.05, 4.69) is 29.4 Å². The van der Waals surface area contributed by atoms with Crippen molar-refractivity contribution in [2.24, 2.45) is 0 Å². The van der Waals surface area contributed by atoms with Gasteiger partial charge in [0.15, 0.2) is 11.5 Å². The van der Waals surface area contributed by atoms with E-state index >= 15 is 0 Å². The number of fused-ring (bicyclic) bond motifs is 1. The number of thiophene rings is 1. The number of hydrogen-bond donors (Lipinski definition) is 0. The van der Waals surface area contributed by atoms with Crippen molar-refractivity contribution in [3.63, 3.8) is 0 Å². The summed E-state index contributed by atoms with van der Waals surface area (Å²) in [6.07, 6.45) is 2.06. The fourth-order valence-electron chi connectivity index (χ4n) is 1.57. The Balaban J connectivity index is 2.32. The van der Waals surface area contributed by atoms with Crippen LogP contribution < -0.4 is 0 Å². The van der Waals surface area contributed by atoms with Crippen molar-refractivity contribution in [3.05, 3.63) is 41.4 Å². The van der Waals surface area contributed by atoms with E-state index in [1.807, 2.05) is 28.0 Å². The highest BCUT2D eigenvalue weighted by Crippen LogP contribution is 2.23. The summed E-state index contributed by atoms with van der Waals surface area (Å²) in [6.45, 7) is 2.07. The number of aryl methyl sites for hydroxylation is 1. The van der Waals surface area contributed by atoms with Crippen LogP contribution in [-0.4, -0.2) is 14.6 Å². The molecule has 4 heteroatoms. The molecule has 3 aromatic heterocycles. The molecule has 0 saturated heterocycles. The predicted molar refractivity (Wildman–Crippen MR) is 61.0 cm³/mol. The summed E-state index contributed by atoms with van der Waals surface area (Å²) in [5.74, 6) is 0.920. The molecule has 74 valence electrons. The van der Waals surface area contributed by atoms with Gasteiger partial charge in [0.05, 0.1) is 4.88 Å². The molecule has 3 aromatic rings. The van der Waals surface area contributed by atoms with Crippen LogP contribution in [0, 0.1) is 6.92 Å². The molecular weight excluding hydrogens is 206 g/mol.